The third-order valence-corrected chi connectivity index (χ3v) is 3.34. The van der Waals surface area contributed by atoms with Gasteiger partial charge in [0.15, 0.2) is 0 Å². The van der Waals surface area contributed by atoms with E-state index >= 15 is 0 Å². The lowest BCUT2D eigenvalue weighted by Gasteiger charge is -2.10. The average molecular weight is 305 g/mol. The monoisotopic (exact) mass is 304 g/mol. The van der Waals surface area contributed by atoms with Crippen molar-refractivity contribution < 1.29 is 10.2 Å². The number of phenols is 2. The van der Waals surface area contributed by atoms with Gasteiger partial charge in [-0.1, -0.05) is 49.8 Å². The normalized spacial score (nSPS) is 11.0. The maximum Gasteiger partial charge on any atom is 0.123 e. The van der Waals surface area contributed by atoms with Gasteiger partial charge in [-0.15, -0.1) is 12.4 Å². The van der Waals surface area contributed by atoms with Gasteiger partial charge in [0, 0.05) is 5.56 Å². The van der Waals surface area contributed by atoms with E-state index < -0.39 is 0 Å². The first kappa shape index (κ1) is 17.1. The topological polar surface area (TPSA) is 40.5 Å². The average Bonchev–Trinajstić information content (AvgIpc) is 2.43. The van der Waals surface area contributed by atoms with Gasteiger partial charge in [0.25, 0.3) is 0 Å². The van der Waals surface area contributed by atoms with E-state index in [4.69, 9.17) is 0 Å². The van der Waals surface area contributed by atoms with E-state index in [0.717, 1.165) is 23.1 Å². The summed E-state index contributed by atoms with van der Waals surface area (Å²) in [6.07, 6.45) is 3.60. The van der Waals surface area contributed by atoms with Crippen molar-refractivity contribution in [2.24, 2.45) is 0 Å². The first-order chi connectivity index (χ1) is 9.61. The highest BCUT2D eigenvalue weighted by atomic mass is 35.5. The lowest BCUT2D eigenvalue weighted by Crippen LogP contribution is -1.89. The molecule has 2 nitrogen and oxygen atoms in total. The van der Waals surface area contributed by atoms with Crippen LogP contribution in [0.4, 0.5) is 0 Å². The Morgan fingerprint density at radius 3 is 2.14 bits per heavy atom. The van der Waals surface area contributed by atoms with Gasteiger partial charge in [0.2, 0.25) is 0 Å². The Balaban J connectivity index is 0.00000220. The van der Waals surface area contributed by atoms with E-state index in [9.17, 15) is 10.2 Å². The second-order valence-electron chi connectivity index (χ2n) is 4.98. The molecule has 0 spiro atoms. The van der Waals surface area contributed by atoms with E-state index in [2.05, 4.69) is 0 Å². The first-order valence-electron chi connectivity index (χ1n) is 6.90. The minimum Gasteiger partial charge on any atom is -0.508 e. The second kappa shape index (κ2) is 7.75. The molecule has 0 aliphatic heterocycles. The molecule has 0 saturated carbocycles. The summed E-state index contributed by atoms with van der Waals surface area (Å²) >= 11 is 0. The summed E-state index contributed by atoms with van der Waals surface area (Å²) in [4.78, 5) is 0. The van der Waals surface area contributed by atoms with Crippen LogP contribution >= 0.6 is 12.4 Å². The number of rotatable bonds is 4. The van der Waals surface area contributed by atoms with E-state index in [0.29, 0.717) is 12.0 Å². The summed E-state index contributed by atoms with van der Waals surface area (Å²) in [6, 6.07) is 13.4. The van der Waals surface area contributed by atoms with Crippen LogP contribution < -0.4 is 0 Å². The molecule has 112 valence electrons. The predicted molar refractivity (Wildman–Crippen MR) is 91.0 cm³/mol. The summed E-state index contributed by atoms with van der Waals surface area (Å²) in [6.45, 7) is 3.99. The van der Waals surface area contributed by atoms with Gasteiger partial charge < -0.3 is 10.2 Å². The molecule has 0 aliphatic carbocycles. The summed E-state index contributed by atoms with van der Waals surface area (Å²) in [5, 5.41) is 20.1. The van der Waals surface area contributed by atoms with Crippen LogP contribution in [0, 0.1) is 0 Å². The SMILES string of the molecule is CCCc1c(O)cc(C(C)=Cc2ccccc2)cc1O.Cl. The van der Waals surface area contributed by atoms with Gasteiger partial charge >= 0.3 is 0 Å². The Bertz CT molecular complexity index is 595. The zero-order chi connectivity index (χ0) is 14.5. The quantitative estimate of drug-likeness (QED) is 0.777. The molecule has 2 rings (SSSR count). The van der Waals surface area contributed by atoms with Crippen molar-refractivity contribution in [1.82, 2.24) is 0 Å². The number of benzene rings is 2. The molecule has 0 radical (unpaired) electrons. The summed E-state index contributed by atoms with van der Waals surface area (Å²) < 4.78 is 0. The zero-order valence-electron chi connectivity index (χ0n) is 12.3. The fourth-order valence-electron chi connectivity index (χ4n) is 2.26. The van der Waals surface area contributed by atoms with E-state index in [1.54, 1.807) is 12.1 Å². The maximum atomic E-state index is 10.0. The molecular formula is C18H21ClO2. The van der Waals surface area contributed by atoms with Crippen molar-refractivity contribution in [2.75, 3.05) is 0 Å². The molecule has 2 aromatic carbocycles. The molecule has 0 bridgehead atoms. The molecule has 0 aliphatic rings. The molecule has 2 N–H and O–H groups in total. The third-order valence-electron chi connectivity index (χ3n) is 3.34. The predicted octanol–water partition coefficient (Wildman–Crippen LogP) is 5.03. The van der Waals surface area contributed by atoms with Crippen LogP contribution in [0.25, 0.3) is 11.6 Å². The number of halogens is 1. The molecule has 21 heavy (non-hydrogen) atoms. The van der Waals surface area contributed by atoms with Crippen molar-refractivity contribution in [3.05, 3.63) is 59.2 Å². The summed E-state index contributed by atoms with van der Waals surface area (Å²) in [5.74, 6) is 0.338. The molecule has 0 unspecified atom stereocenters. The Hall–Kier alpha value is -1.93. The highest BCUT2D eigenvalue weighted by molar-refractivity contribution is 5.85. The highest BCUT2D eigenvalue weighted by Gasteiger charge is 2.09. The fraction of sp³-hybridized carbons (Fsp3) is 0.222. The minimum absolute atomic E-state index is 0. The van der Waals surface area contributed by atoms with E-state index in [1.807, 2.05) is 50.3 Å². The van der Waals surface area contributed by atoms with Crippen molar-refractivity contribution in [2.45, 2.75) is 26.7 Å². The van der Waals surface area contributed by atoms with Crippen molar-refractivity contribution >= 4 is 24.1 Å². The second-order valence-corrected chi connectivity index (χ2v) is 4.98. The van der Waals surface area contributed by atoms with E-state index in [1.165, 1.54) is 0 Å². The molecule has 0 saturated heterocycles. The largest absolute Gasteiger partial charge is 0.508 e. The Morgan fingerprint density at radius 1 is 1.05 bits per heavy atom. The number of hydrogen-bond donors (Lipinski definition) is 2. The smallest absolute Gasteiger partial charge is 0.123 e. The van der Waals surface area contributed by atoms with Gasteiger partial charge in [0.05, 0.1) is 0 Å². The van der Waals surface area contributed by atoms with Crippen LogP contribution in [0.3, 0.4) is 0 Å². The molecule has 0 atom stereocenters. The van der Waals surface area contributed by atoms with Crippen LogP contribution in [0.15, 0.2) is 42.5 Å². The van der Waals surface area contributed by atoms with Crippen molar-refractivity contribution in [3.8, 4) is 11.5 Å². The Labute approximate surface area is 132 Å². The van der Waals surface area contributed by atoms with E-state index in [-0.39, 0.29) is 23.9 Å². The van der Waals surface area contributed by atoms with Crippen LogP contribution in [-0.2, 0) is 6.42 Å². The highest BCUT2D eigenvalue weighted by Crippen LogP contribution is 2.33. The van der Waals surface area contributed by atoms with Gasteiger partial charge in [-0.3, -0.25) is 0 Å². The molecule has 0 heterocycles. The maximum absolute atomic E-state index is 10.0. The van der Waals surface area contributed by atoms with Crippen LogP contribution in [-0.4, -0.2) is 10.2 Å². The first-order valence-corrected chi connectivity index (χ1v) is 6.90. The minimum atomic E-state index is 0. The number of hydrogen-bond acceptors (Lipinski definition) is 2. The molecule has 2 aromatic rings. The standard InChI is InChI=1S/C18H20O2.ClH/c1-3-7-16-17(19)11-15(12-18(16)20)13(2)10-14-8-5-4-6-9-14;/h4-6,8-12,19-20H,3,7H2,1-2H3;1H. The molecule has 3 heteroatoms. The summed E-state index contributed by atoms with van der Waals surface area (Å²) in [5.41, 5.74) is 3.57. The lowest BCUT2D eigenvalue weighted by atomic mass is 9.99. The van der Waals surface area contributed by atoms with Crippen LogP contribution in [0.5, 0.6) is 11.5 Å². The fourth-order valence-corrected chi connectivity index (χ4v) is 2.26. The Kier molecular flexibility index (Phi) is 6.32. The van der Waals surface area contributed by atoms with Crippen molar-refractivity contribution in [1.29, 1.82) is 0 Å². The number of phenolic OH excluding ortho intramolecular Hbond substituents is 2. The third kappa shape index (κ3) is 4.27. The molecule has 0 aromatic heterocycles. The molecule has 0 amide bonds. The van der Waals surface area contributed by atoms with Gasteiger partial charge in [-0.25, -0.2) is 0 Å². The number of allylic oxidation sites excluding steroid dienone is 1. The zero-order valence-corrected chi connectivity index (χ0v) is 13.2. The molecular weight excluding hydrogens is 284 g/mol. The van der Waals surface area contributed by atoms with Crippen LogP contribution in [0.2, 0.25) is 0 Å². The number of aromatic hydroxyl groups is 2. The summed E-state index contributed by atoms with van der Waals surface area (Å²) in [7, 11) is 0. The van der Waals surface area contributed by atoms with Crippen molar-refractivity contribution in [3.63, 3.8) is 0 Å². The lowest BCUT2D eigenvalue weighted by molar-refractivity contribution is 0.437. The van der Waals surface area contributed by atoms with Gasteiger partial charge in [-0.2, -0.15) is 0 Å². The van der Waals surface area contributed by atoms with Crippen LogP contribution in [0.1, 0.15) is 37.0 Å². The van der Waals surface area contributed by atoms with Gasteiger partial charge in [0.1, 0.15) is 11.5 Å². The molecule has 0 fully saturated rings. The van der Waals surface area contributed by atoms with Gasteiger partial charge in [-0.05, 0) is 42.2 Å². The Morgan fingerprint density at radius 2 is 1.62 bits per heavy atom.